The van der Waals surface area contributed by atoms with Gasteiger partial charge in [0.2, 0.25) is 0 Å². The Balaban J connectivity index is 3.11. The normalized spacial score (nSPS) is 14.2. The van der Waals surface area contributed by atoms with Crippen molar-refractivity contribution in [2.45, 2.75) is 45.8 Å². The number of benzene rings is 1. The second kappa shape index (κ2) is 5.71. The summed E-state index contributed by atoms with van der Waals surface area (Å²) in [6, 6.07) is 4.02. The minimum absolute atomic E-state index is 0.129. The van der Waals surface area contributed by atoms with Gasteiger partial charge in [0.1, 0.15) is 11.4 Å². The molecule has 0 saturated heterocycles. The molecule has 6 heteroatoms. The van der Waals surface area contributed by atoms with E-state index in [0.29, 0.717) is 5.56 Å². The fourth-order valence-electron chi connectivity index (χ4n) is 1.66. The van der Waals surface area contributed by atoms with E-state index >= 15 is 0 Å². The Bertz CT molecular complexity index is 565. The molecule has 1 unspecified atom stereocenters. The molecular formula is C15H20FNO4. The lowest BCUT2D eigenvalue weighted by Crippen LogP contribution is -2.51. The van der Waals surface area contributed by atoms with Gasteiger partial charge in [-0.15, -0.1) is 0 Å². The molecule has 0 radical (unpaired) electrons. The Morgan fingerprint density at radius 1 is 1.24 bits per heavy atom. The van der Waals surface area contributed by atoms with Crippen LogP contribution in [0.4, 0.5) is 9.18 Å². The van der Waals surface area contributed by atoms with Gasteiger partial charge in [-0.2, -0.15) is 0 Å². The van der Waals surface area contributed by atoms with Gasteiger partial charge in [0, 0.05) is 0 Å². The summed E-state index contributed by atoms with van der Waals surface area (Å²) in [5, 5.41) is 11.7. The zero-order chi connectivity index (χ0) is 16.4. The van der Waals surface area contributed by atoms with Crippen molar-refractivity contribution in [3.63, 3.8) is 0 Å². The number of carboxylic acids is 1. The van der Waals surface area contributed by atoms with E-state index in [-0.39, 0.29) is 5.56 Å². The highest BCUT2D eigenvalue weighted by Crippen LogP contribution is 2.24. The summed E-state index contributed by atoms with van der Waals surface area (Å²) in [5.74, 6) is -1.84. The molecule has 0 heterocycles. The molecule has 116 valence electrons. The summed E-state index contributed by atoms with van der Waals surface area (Å²) < 4.78 is 18.7. The van der Waals surface area contributed by atoms with E-state index in [1.165, 1.54) is 19.1 Å². The van der Waals surface area contributed by atoms with Crippen molar-refractivity contribution in [2.24, 2.45) is 0 Å². The third-order valence-electron chi connectivity index (χ3n) is 2.93. The molecule has 2 N–H and O–H groups in total. The number of hydrogen-bond acceptors (Lipinski definition) is 3. The highest BCUT2D eigenvalue weighted by molar-refractivity contribution is 5.85. The van der Waals surface area contributed by atoms with Gasteiger partial charge in [0.15, 0.2) is 5.54 Å². The monoisotopic (exact) mass is 297 g/mol. The van der Waals surface area contributed by atoms with Crippen LogP contribution < -0.4 is 5.32 Å². The summed E-state index contributed by atoms with van der Waals surface area (Å²) in [6.45, 7) is 7.84. The van der Waals surface area contributed by atoms with E-state index in [0.717, 1.165) is 6.07 Å². The molecule has 0 aliphatic heterocycles. The lowest BCUT2D eigenvalue weighted by molar-refractivity contribution is -0.144. The molecule has 0 aliphatic carbocycles. The molecule has 5 nitrogen and oxygen atoms in total. The molecule has 0 spiro atoms. The first-order chi connectivity index (χ1) is 9.45. The van der Waals surface area contributed by atoms with Crippen molar-refractivity contribution in [2.75, 3.05) is 0 Å². The molecule has 1 aromatic rings. The highest BCUT2D eigenvalue weighted by Gasteiger charge is 2.38. The number of alkyl carbamates (subject to hydrolysis) is 1. The van der Waals surface area contributed by atoms with Gasteiger partial charge < -0.3 is 15.2 Å². The smallest absolute Gasteiger partial charge is 0.408 e. The summed E-state index contributed by atoms with van der Waals surface area (Å²) in [7, 11) is 0. The minimum atomic E-state index is -1.78. The molecule has 0 aliphatic rings. The van der Waals surface area contributed by atoms with Gasteiger partial charge in [0.25, 0.3) is 0 Å². The number of nitrogens with one attached hydrogen (secondary N) is 1. The lowest BCUT2D eigenvalue weighted by atomic mass is 9.91. The van der Waals surface area contributed by atoms with Crippen LogP contribution in [0.1, 0.15) is 38.8 Å². The quantitative estimate of drug-likeness (QED) is 0.899. The number of aryl methyl sites for hydroxylation is 1. The summed E-state index contributed by atoms with van der Waals surface area (Å²) in [5.41, 5.74) is -2.02. The van der Waals surface area contributed by atoms with E-state index in [2.05, 4.69) is 5.32 Å². The summed E-state index contributed by atoms with van der Waals surface area (Å²) in [4.78, 5) is 23.3. The maximum atomic E-state index is 13.6. The fraction of sp³-hybridized carbons (Fsp3) is 0.467. The number of amides is 1. The second-order valence-corrected chi connectivity index (χ2v) is 6.02. The van der Waals surface area contributed by atoms with E-state index in [9.17, 15) is 19.1 Å². The van der Waals surface area contributed by atoms with Crippen molar-refractivity contribution in [3.8, 4) is 0 Å². The first kappa shape index (κ1) is 16.9. The van der Waals surface area contributed by atoms with E-state index in [1.54, 1.807) is 27.7 Å². The molecule has 1 atom stereocenters. The van der Waals surface area contributed by atoms with Gasteiger partial charge in [-0.3, -0.25) is 0 Å². The first-order valence-electron chi connectivity index (χ1n) is 6.47. The van der Waals surface area contributed by atoms with E-state index in [4.69, 9.17) is 4.74 Å². The lowest BCUT2D eigenvalue weighted by Gasteiger charge is -2.29. The molecule has 0 fully saturated rings. The van der Waals surface area contributed by atoms with Crippen LogP contribution in [-0.4, -0.2) is 22.8 Å². The minimum Gasteiger partial charge on any atom is -0.479 e. The van der Waals surface area contributed by atoms with Crippen molar-refractivity contribution in [3.05, 3.63) is 35.1 Å². The Morgan fingerprint density at radius 2 is 1.81 bits per heavy atom. The molecule has 1 aromatic carbocycles. The van der Waals surface area contributed by atoms with Crippen LogP contribution in [0.25, 0.3) is 0 Å². The van der Waals surface area contributed by atoms with Crippen LogP contribution in [0.5, 0.6) is 0 Å². The molecule has 21 heavy (non-hydrogen) atoms. The average Bonchev–Trinajstić information content (AvgIpc) is 2.29. The molecule has 0 aromatic heterocycles. The van der Waals surface area contributed by atoms with Crippen LogP contribution in [0, 0.1) is 12.7 Å². The number of rotatable bonds is 3. The average molecular weight is 297 g/mol. The Labute approximate surface area is 123 Å². The summed E-state index contributed by atoms with van der Waals surface area (Å²) in [6.07, 6.45) is -0.881. The molecule has 1 rings (SSSR count). The topological polar surface area (TPSA) is 75.6 Å². The molecule has 0 bridgehead atoms. The van der Waals surface area contributed by atoms with Crippen molar-refractivity contribution >= 4 is 12.1 Å². The molecule has 1 amide bonds. The first-order valence-corrected chi connectivity index (χ1v) is 6.47. The van der Waals surface area contributed by atoms with Crippen molar-refractivity contribution in [1.82, 2.24) is 5.32 Å². The predicted octanol–water partition coefficient (Wildman–Crippen LogP) is 2.96. The largest absolute Gasteiger partial charge is 0.479 e. The van der Waals surface area contributed by atoms with Crippen LogP contribution in [0.2, 0.25) is 0 Å². The third kappa shape index (κ3) is 4.18. The molecular weight excluding hydrogens is 277 g/mol. The number of ether oxygens (including phenoxy) is 1. The van der Waals surface area contributed by atoms with Crippen LogP contribution in [0.15, 0.2) is 18.2 Å². The van der Waals surface area contributed by atoms with E-state index in [1.807, 2.05) is 0 Å². The zero-order valence-electron chi connectivity index (χ0n) is 12.8. The van der Waals surface area contributed by atoms with Gasteiger partial charge in [-0.1, -0.05) is 12.1 Å². The molecule has 0 saturated carbocycles. The maximum Gasteiger partial charge on any atom is 0.408 e. The number of carboxylic acid groups (broad SMARTS) is 1. The van der Waals surface area contributed by atoms with Crippen molar-refractivity contribution in [1.29, 1.82) is 0 Å². The standard InChI is InChI=1S/C15H20FNO4/c1-9-6-7-10(8-11(9)16)15(5,12(18)19)17-13(20)21-14(2,3)4/h6-8H,1-5H3,(H,17,20)(H,18,19). The predicted molar refractivity (Wildman–Crippen MR) is 75.5 cm³/mol. The number of carbonyl (C=O) groups is 2. The SMILES string of the molecule is Cc1ccc(C(C)(NC(=O)OC(C)(C)C)C(=O)O)cc1F. The second-order valence-electron chi connectivity index (χ2n) is 6.02. The van der Waals surface area contributed by atoms with Crippen LogP contribution in [0.3, 0.4) is 0 Å². The number of halogens is 1. The van der Waals surface area contributed by atoms with Crippen LogP contribution in [-0.2, 0) is 15.1 Å². The number of hydrogen-bond donors (Lipinski definition) is 2. The maximum absolute atomic E-state index is 13.6. The Morgan fingerprint density at radius 3 is 2.24 bits per heavy atom. The number of aliphatic carboxylic acids is 1. The van der Waals surface area contributed by atoms with Crippen LogP contribution >= 0.6 is 0 Å². The van der Waals surface area contributed by atoms with Gasteiger partial charge in [-0.05, 0) is 51.8 Å². The van der Waals surface area contributed by atoms with Gasteiger partial charge in [-0.25, -0.2) is 14.0 Å². The van der Waals surface area contributed by atoms with Gasteiger partial charge >= 0.3 is 12.1 Å². The van der Waals surface area contributed by atoms with Crippen molar-refractivity contribution < 1.29 is 23.8 Å². The third-order valence-corrected chi connectivity index (χ3v) is 2.93. The van der Waals surface area contributed by atoms with Gasteiger partial charge in [0.05, 0.1) is 0 Å². The summed E-state index contributed by atoms with van der Waals surface area (Å²) >= 11 is 0. The zero-order valence-corrected chi connectivity index (χ0v) is 12.8. The fourth-order valence-corrected chi connectivity index (χ4v) is 1.66. The number of carbonyl (C=O) groups excluding carboxylic acids is 1. The van der Waals surface area contributed by atoms with E-state index < -0.39 is 29.0 Å². The Hall–Kier alpha value is -2.11. The Kier molecular flexibility index (Phi) is 4.61. The highest BCUT2D eigenvalue weighted by atomic mass is 19.1.